The van der Waals surface area contributed by atoms with Crippen LogP contribution < -0.4 is 16.0 Å². The van der Waals surface area contributed by atoms with Gasteiger partial charge in [-0.25, -0.2) is 14.8 Å². The van der Waals surface area contributed by atoms with Crippen molar-refractivity contribution in [1.29, 1.82) is 0 Å². The lowest BCUT2D eigenvalue weighted by atomic mass is 10.1. The number of nitrogens with zero attached hydrogens (tertiary/aromatic N) is 2. The molecule has 1 heterocycles. The van der Waals surface area contributed by atoms with Crippen molar-refractivity contribution in [2.45, 2.75) is 59.7 Å². The molecular formula is C22H34IN5O3. The number of hydrogen-bond acceptors (Lipinski definition) is 5. The van der Waals surface area contributed by atoms with E-state index in [4.69, 9.17) is 9.15 Å². The Labute approximate surface area is 201 Å². The predicted octanol–water partition coefficient (Wildman–Crippen LogP) is 4.23. The highest BCUT2D eigenvalue weighted by Crippen LogP contribution is 2.14. The smallest absolute Gasteiger partial charge is 0.408 e. The molecule has 0 radical (unpaired) electrons. The first-order valence-corrected chi connectivity index (χ1v) is 10.2. The quantitative estimate of drug-likeness (QED) is 0.275. The van der Waals surface area contributed by atoms with Gasteiger partial charge in [-0.05, 0) is 47.1 Å². The monoisotopic (exact) mass is 543 g/mol. The van der Waals surface area contributed by atoms with Crippen LogP contribution in [0.1, 0.15) is 56.6 Å². The van der Waals surface area contributed by atoms with Crippen LogP contribution in [-0.2, 0) is 11.3 Å². The molecule has 8 nitrogen and oxygen atoms in total. The molecule has 1 unspecified atom stereocenters. The largest absolute Gasteiger partial charge is 0.444 e. The van der Waals surface area contributed by atoms with Crippen molar-refractivity contribution in [3.05, 3.63) is 53.2 Å². The summed E-state index contributed by atoms with van der Waals surface area (Å²) in [6, 6.07) is 9.44. The first-order chi connectivity index (χ1) is 14.2. The van der Waals surface area contributed by atoms with Gasteiger partial charge in [-0.3, -0.25) is 0 Å². The number of ether oxygens (including phenoxy) is 1. The van der Waals surface area contributed by atoms with Crippen LogP contribution in [-0.4, -0.2) is 35.7 Å². The van der Waals surface area contributed by atoms with Gasteiger partial charge < -0.3 is 25.1 Å². The first kappa shape index (κ1) is 26.7. The fraction of sp³-hybridized carbons (Fsp3) is 0.500. The molecule has 0 saturated carbocycles. The minimum Gasteiger partial charge on any atom is -0.444 e. The van der Waals surface area contributed by atoms with E-state index in [0.29, 0.717) is 31.5 Å². The number of aliphatic imine (C=N–C) groups is 1. The topological polar surface area (TPSA) is 101 Å². The number of hydrogen-bond donors (Lipinski definition) is 3. The molecule has 2 rings (SSSR count). The third kappa shape index (κ3) is 9.58. The van der Waals surface area contributed by atoms with Gasteiger partial charge in [0.25, 0.3) is 0 Å². The fourth-order valence-electron chi connectivity index (χ4n) is 2.68. The number of aromatic nitrogens is 1. The van der Waals surface area contributed by atoms with Crippen molar-refractivity contribution in [2.75, 3.05) is 13.1 Å². The van der Waals surface area contributed by atoms with E-state index in [1.54, 1.807) is 0 Å². The van der Waals surface area contributed by atoms with Crippen molar-refractivity contribution in [2.24, 2.45) is 4.99 Å². The maximum absolute atomic E-state index is 12.3. The molecule has 9 heteroatoms. The van der Waals surface area contributed by atoms with Gasteiger partial charge in [0.05, 0.1) is 11.7 Å². The highest BCUT2D eigenvalue weighted by molar-refractivity contribution is 14.0. The number of carbonyl (C=O) groups is 1. The van der Waals surface area contributed by atoms with Crippen LogP contribution in [0.3, 0.4) is 0 Å². The van der Waals surface area contributed by atoms with Crippen LogP contribution >= 0.6 is 24.0 Å². The number of aryl methyl sites for hydroxylation is 2. The Morgan fingerprint density at radius 3 is 2.42 bits per heavy atom. The minimum absolute atomic E-state index is 0. The maximum Gasteiger partial charge on any atom is 0.408 e. The first-order valence-electron chi connectivity index (χ1n) is 10.2. The van der Waals surface area contributed by atoms with Crippen molar-refractivity contribution in [3.63, 3.8) is 0 Å². The number of halogens is 1. The molecule has 0 saturated heterocycles. The summed E-state index contributed by atoms with van der Waals surface area (Å²) in [5.41, 5.74) is 1.26. The Morgan fingerprint density at radius 1 is 1.19 bits per heavy atom. The number of amides is 1. The lowest BCUT2D eigenvalue weighted by Crippen LogP contribution is -2.44. The fourth-order valence-corrected chi connectivity index (χ4v) is 2.68. The molecule has 3 N–H and O–H groups in total. The molecule has 1 atom stereocenters. The molecule has 0 fully saturated rings. The van der Waals surface area contributed by atoms with Crippen LogP contribution in [0.15, 0.2) is 39.7 Å². The van der Waals surface area contributed by atoms with Crippen molar-refractivity contribution >= 4 is 36.0 Å². The minimum atomic E-state index is -0.568. The van der Waals surface area contributed by atoms with Crippen LogP contribution in [0.4, 0.5) is 4.79 Å². The average molecular weight is 543 g/mol. The van der Waals surface area contributed by atoms with E-state index in [1.165, 1.54) is 0 Å². The SMILES string of the molecule is CCNC(=NCc1nc(C)c(C)o1)NCC(NC(=O)OC(C)(C)C)c1ccccc1.I. The summed E-state index contributed by atoms with van der Waals surface area (Å²) >= 11 is 0. The average Bonchev–Trinajstić information content (AvgIpc) is 2.99. The van der Waals surface area contributed by atoms with Gasteiger partial charge in [0.15, 0.2) is 5.96 Å². The van der Waals surface area contributed by atoms with E-state index >= 15 is 0 Å². The lowest BCUT2D eigenvalue weighted by molar-refractivity contribution is 0.0504. The molecule has 0 aliphatic carbocycles. The van der Waals surface area contributed by atoms with Crippen molar-refractivity contribution < 1.29 is 13.9 Å². The van der Waals surface area contributed by atoms with E-state index in [1.807, 2.05) is 71.9 Å². The van der Waals surface area contributed by atoms with E-state index in [0.717, 1.165) is 17.0 Å². The Hall–Kier alpha value is -2.30. The molecule has 0 aliphatic rings. The maximum atomic E-state index is 12.3. The molecule has 172 valence electrons. The zero-order valence-electron chi connectivity index (χ0n) is 19.1. The van der Waals surface area contributed by atoms with Crippen LogP contribution in [0.5, 0.6) is 0 Å². The van der Waals surface area contributed by atoms with Gasteiger partial charge in [-0.15, -0.1) is 24.0 Å². The number of nitrogens with one attached hydrogen (secondary N) is 3. The summed E-state index contributed by atoms with van der Waals surface area (Å²) in [7, 11) is 0. The molecule has 0 aliphatic heterocycles. The van der Waals surface area contributed by atoms with Gasteiger partial charge in [0, 0.05) is 13.1 Å². The Balaban J connectivity index is 0.00000480. The number of benzene rings is 1. The Morgan fingerprint density at radius 2 is 1.87 bits per heavy atom. The van der Waals surface area contributed by atoms with E-state index in [9.17, 15) is 4.79 Å². The molecule has 2 aromatic rings. The molecule has 1 aromatic carbocycles. The van der Waals surface area contributed by atoms with Crippen LogP contribution in [0.25, 0.3) is 0 Å². The van der Waals surface area contributed by atoms with Gasteiger partial charge in [0.2, 0.25) is 5.89 Å². The molecule has 31 heavy (non-hydrogen) atoms. The van der Waals surface area contributed by atoms with Gasteiger partial charge in [-0.1, -0.05) is 30.3 Å². The lowest BCUT2D eigenvalue weighted by Gasteiger charge is -2.24. The predicted molar refractivity (Wildman–Crippen MR) is 133 cm³/mol. The molecule has 0 bridgehead atoms. The zero-order valence-corrected chi connectivity index (χ0v) is 21.4. The second kappa shape index (κ2) is 12.5. The summed E-state index contributed by atoms with van der Waals surface area (Å²) in [4.78, 5) is 21.2. The normalized spacial score (nSPS) is 12.5. The molecule has 1 aromatic heterocycles. The third-order valence-electron chi connectivity index (χ3n) is 4.16. The van der Waals surface area contributed by atoms with E-state index < -0.39 is 11.7 Å². The molecular weight excluding hydrogens is 509 g/mol. The Kier molecular flexibility index (Phi) is 10.8. The number of oxazole rings is 1. The number of alkyl carbamates (subject to hydrolysis) is 1. The highest BCUT2D eigenvalue weighted by Gasteiger charge is 2.21. The number of guanidine groups is 1. The van der Waals surface area contributed by atoms with E-state index in [2.05, 4.69) is 25.9 Å². The van der Waals surface area contributed by atoms with Crippen molar-refractivity contribution in [3.8, 4) is 0 Å². The number of rotatable bonds is 7. The summed E-state index contributed by atoms with van der Waals surface area (Å²) in [5, 5.41) is 9.41. The van der Waals surface area contributed by atoms with E-state index in [-0.39, 0.29) is 30.0 Å². The summed E-state index contributed by atoms with van der Waals surface area (Å²) in [5.74, 6) is 1.97. The van der Waals surface area contributed by atoms with Crippen molar-refractivity contribution in [1.82, 2.24) is 20.9 Å². The summed E-state index contributed by atoms with van der Waals surface area (Å²) < 4.78 is 11.0. The Bertz CT molecular complexity index is 827. The molecule has 0 spiro atoms. The van der Waals surface area contributed by atoms with Gasteiger partial charge in [0.1, 0.15) is 17.9 Å². The van der Waals surface area contributed by atoms with Gasteiger partial charge in [-0.2, -0.15) is 0 Å². The highest BCUT2D eigenvalue weighted by atomic mass is 127. The number of carbonyl (C=O) groups excluding carboxylic acids is 1. The third-order valence-corrected chi connectivity index (χ3v) is 4.16. The second-order valence-corrected chi connectivity index (χ2v) is 7.93. The summed E-state index contributed by atoms with van der Waals surface area (Å²) in [6.45, 7) is 12.7. The van der Waals surface area contributed by atoms with Gasteiger partial charge >= 0.3 is 6.09 Å². The summed E-state index contributed by atoms with van der Waals surface area (Å²) in [6.07, 6.45) is -0.467. The standard InChI is InChI=1S/C22H33N5O3.HI/c1-7-23-20(25-14-19-26-15(2)16(3)29-19)24-13-18(17-11-9-8-10-12-17)27-21(28)30-22(4,5)6;/h8-12,18H,7,13-14H2,1-6H3,(H,27,28)(H2,23,24,25);1H. The zero-order chi connectivity index (χ0) is 22.1. The van der Waals surface area contributed by atoms with Crippen LogP contribution in [0.2, 0.25) is 0 Å². The molecule has 1 amide bonds. The van der Waals surface area contributed by atoms with Crippen LogP contribution in [0, 0.1) is 13.8 Å². The second-order valence-electron chi connectivity index (χ2n) is 7.93.